The SMILES string of the molecule is CCC(C)(C)c1ccccc1CNCCOC. The van der Waals surface area contributed by atoms with Gasteiger partial charge in [-0.15, -0.1) is 0 Å². The summed E-state index contributed by atoms with van der Waals surface area (Å²) in [6.07, 6.45) is 1.15. The number of benzene rings is 1. The standard InChI is InChI=1S/C15H25NO/c1-5-15(2,3)14-9-7-6-8-13(14)12-16-10-11-17-4/h6-9,16H,5,10-12H2,1-4H3. The van der Waals surface area contributed by atoms with Crippen molar-refractivity contribution in [2.75, 3.05) is 20.3 Å². The molecule has 0 saturated carbocycles. The molecule has 0 heterocycles. The Labute approximate surface area is 105 Å². The zero-order valence-corrected chi connectivity index (χ0v) is 11.5. The molecule has 17 heavy (non-hydrogen) atoms. The second-order valence-corrected chi connectivity index (χ2v) is 5.06. The fourth-order valence-corrected chi connectivity index (χ4v) is 1.92. The Bertz CT molecular complexity index is 333. The first kappa shape index (κ1) is 14.2. The van der Waals surface area contributed by atoms with Gasteiger partial charge in [0.05, 0.1) is 6.61 Å². The van der Waals surface area contributed by atoms with E-state index < -0.39 is 0 Å². The van der Waals surface area contributed by atoms with Gasteiger partial charge in [-0.05, 0) is 23.0 Å². The Hall–Kier alpha value is -0.860. The lowest BCUT2D eigenvalue weighted by atomic mass is 9.79. The van der Waals surface area contributed by atoms with Gasteiger partial charge in [-0.2, -0.15) is 0 Å². The number of ether oxygens (including phenoxy) is 1. The summed E-state index contributed by atoms with van der Waals surface area (Å²) in [6, 6.07) is 8.71. The predicted molar refractivity (Wildman–Crippen MR) is 73.3 cm³/mol. The van der Waals surface area contributed by atoms with Gasteiger partial charge < -0.3 is 10.1 Å². The summed E-state index contributed by atoms with van der Waals surface area (Å²) in [6.45, 7) is 9.44. The van der Waals surface area contributed by atoms with Gasteiger partial charge in [0.2, 0.25) is 0 Å². The van der Waals surface area contributed by atoms with E-state index in [9.17, 15) is 0 Å². The van der Waals surface area contributed by atoms with Crippen molar-refractivity contribution in [1.82, 2.24) is 5.32 Å². The highest BCUT2D eigenvalue weighted by Gasteiger charge is 2.20. The van der Waals surface area contributed by atoms with Crippen molar-refractivity contribution in [2.45, 2.75) is 39.2 Å². The van der Waals surface area contributed by atoms with Gasteiger partial charge in [-0.3, -0.25) is 0 Å². The van der Waals surface area contributed by atoms with Crippen molar-refractivity contribution >= 4 is 0 Å². The van der Waals surface area contributed by atoms with Crippen molar-refractivity contribution in [3.05, 3.63) is 35.4 Å². The van der Waals surface area contributed by atoms with Gasteiger partial charge in [-0.1, -0.05) is 45.0 Å². The van der Waals surface area contributed by atoms with Crippen molar-refractivity contribution in [3.63, 3.8) is 0 Å². The van der Waals surface area contributed by atoms with Crippen molar-refractivity contribution in [3.8, 4) is 0 Å². The molecule has 0 radical (unpaired) electrons. The average Bonchev–Trinajstić information content (AvgIpc) is 2.35. The van der Waals surface area contributed by atoms with E-state index in [1.807, 2.05) is 0 Å². The zero-order chi connectivity index (χ0) is 12.7. The van der Waals surface area contributed by atoms with E-state index >= 15 is 0 Å². The third kappa shape index (κ3) is 4.14. The van der Waals surface area contributed by atoms with Gasteiger partial charge in [0.25, 0.3) is 0 Å². The van der Waals surface area contributed by atoms with Gasteiger partial charge in [0, 0.05) is 20.2 Å². The van der Waals surface area contributed by atoms with Gasteiger partial charge in [0.15, 0.2) is 0 Å². The Morgan fingerprint density at radius 3 is 2.59 bits per heavy atom. The Morgan fingerprint density at radius 1 is 1.24 bits per heavy atom. The molecule has 96 valence electrons. The smallest absolute Gasteiger partial charge is 0.0587 e. The molecule has 1 aromatic rings. The quantitative estimate of drug-likeness (QED) is 0.733. The molecule has 0 aromatic heterocycles. The number of rotatable bonds is 7. The first-order valence-corrected chi connectivity index (χ1v) is 6.40. The number of hydrogen-bond donors (Lipinski definition) is 1. The molecule has 0 saturated heterocycles. The number of methoxy groups -OCH3 is 1. The molecule has 0 aliphatic carbocycles. The Kier molecular flexibility index (Phi) is 5.66. The lowest BCUT2D eigenvalue weighted by molar-refractivity contribution is 0.199. The maximum atomic E-state index is 5.04. The summed E-state index contributed by atoms with van der Waals surface area (Å²) in [5.41, 5.74) is 3.10. The first-order valence-electron chi connectivity index (χ1n) is 6.40. The van der Waals surface area contributed by atoms with Crippen LogP contribution in [0.25, 0.3) is 0 Å². The van der Waals surface area contributed by atoms with Crippen LogP contribution in [0.1, 0.15) is 38.3 Å². The second kappa shape index (κ2) is 6.77. The zero-order valence-electron chi connectivity index (χ0n) is 11.5. The highest BCUT2D eigenvalue weighted by molar-refractivity contribution is 5.33. The highest BCUT2D eigenvalue weighted by Crippen LogP contribution is 2.29. The molecule has 1 rings (SSSR count). The van der Waals surface area contributed by atoms with Crippen LogP contribution in [0.3, 0.4) is 0 Å². The van der Waals surface area contributed by atoms with Crippen molar-refractivity contribution < 1.29 is 4.74 Å². The monoisotopic (exact) mass is 235 g/mol. The lowest BCUT2D eigenvalue weighted by Gasteiger charge is -2.26. The van der Waals surface area contributed by atoms with E-state index in [1.165, 1.54) is 11.1 Å². The topological polar surface area (TPSA) is 21.3 Å². The molecule has 0 bridgehead atoms. The minimum atomic E-state index is 0.250. The summed E-state index contributed by atoms with van der Waals surface area (Å²) in [5.74, 6) is 0. The molecule has 1 aromatic carbocycles. The third-order valence-corrected chi connectivity index (χ3v) is 3.43. The van der Waals surface area contributed by atoms with E-state index in [2.05, 4.69) is 50.4 Å². The van der Waals surface area contributed by atoms with Crippen LogP contribution in [0.4, 0.5) is 0 Å². The second-order valence-electron chi connectivity index (χ2n) is 5.06. The summed E-state index contributed by atoms with van der Waals surface area (Å²) < 4.78 is 5.04. The van der Waals surface area contributed by atoms with Crippen LogP contribution in [0.5, 0.6) is 0 Å². The minimum absolute atomic E-state index is 0.250. The van der Waals surface area contributed by atoms with E-state index in [0.717, 1.165) is 26.1 Å². The predicted octanol–water partition coefficient (Wildman–Crippen LogP) is 3.11. The van der Waals surface area contributed by atoms with Crippen LogP contribution in [0.15, 0.2) is 24.3 Å². The molecule has 1 N–H and O–H groups in total. The van der Waals surface area contributed by atoms with E-state index in [4.69, 9.17) is 4.74 Å². The molecule has 0 fully saturated rings. The largest absolute Gasteiger partial charge is 0.383 e. The molecule has 0 atom stereocenters. The summed E-state index contributed by atoms with van der Waals surface area (Å²) in [4.78, 5) is 0. The third-order valence-electron chi connectivity index (χ3n) is 3.43. The fraction of sp³-hybridized carbons (Fsp3) is 0.600. The molecule has 0 aliphatic heterocycles. The molecule has 2 nitrogen and oxygen atoms in total. The van der Waals surface area contributed by atoms with Crippen molar-refractivity contribution in [2.24, 2.45) is 0 Å². The average molecular weight is 235 g/mol. The van der Waals surface area contributed by atoms with Crippen LogP contribution in [-0.4, -0.2) is 20.3 Å². The molecule has 2 heteroatoms. The van der Waals surface area contributed by atoms with Crippen LogP contribution in [-0.2, 0) is 16.7 Å². The molecule has 0 unspecified atom stereocenters. The maximum absolute atomic E-state index is 5.04. The van der Waals surface area contributed by atoms with Gasteiger partial charge >= 0.3 is 0 Å². The summed E-state index contributed by atoms with van der Waals surface area (Å²) in [5, 5.41) is 3.41. The van der Waals surface area contributed by atoms with Crippen LogP contribution < -0.4 is 5.32 Å². The highest BCUT2D eigenvalue weighted by atomic mass is 16.5. The molecule has 0 spiro atoms. The lowest BCUT2D eigenvalue weighted by Crippen LogP contribution is -2.23. The first-order chi connectivity index (χ1) is 8.11. The van der Waals surface area contributed by atoms with Crippen LogP contribution >= 0.6 is 0 Å². The van der Waals surface area contributed by atoms with E-state index in [-0.39, 0.29) is 5.41 Å². The Morgan fingerprint density at radius 2 is 1.94 bits per heavy atom. The Balaban J connectivity index is 2.71. The number of nitrogens with one attached hydrogen (secondary N) is 1. The van der Waals surface area contributed by atoms with Gasteiger partial charge in [0.1, 0.15) is 0 Å². The van der Waals surface area contributed by atoms with Gasteiger partial charge in [-0.25, -0.2) is 0 Å². The molecular formula is C15H25NO. The van der Waals surface area contributed by atoms with Crippen LogP contribution in [0.2, 0.25) is 0 Å². The van der Waals surface area contributed by atoms with E-state index in [1.54, 1.807) is 7.11 Å². The molecule has 0 amide bonds. The van der Waals surface area contributed by atoms with Crippen molar-refractivity contribution in [1.29, 1.82) is 0 Å². The normalized spacial score (nSPS) is 11.8. The summed E-state index contributed by atoms with van der Waals surface area (Å²) in [7, 11) is 1.73. The summed E-state index contributed by atoms with van der Waals surface area (Å²) >= 11 is 0. The number of hydrogen-bond acceptors (Lipinski definition) is 2. The molecular weight excluding hydrogens is 210 g/mol. The fourth-order valence-electron chi connectivity index (χ4n) is 1.92. The maximum Gasteiger partial charge on any atom is 0.0587 e. The molecule has 0 aliphatic rings. The minimum Gasteiger partial charge on any atom is -0.383 e. The van der Waals surface area contributed by atoms with E-state index in [0.29, 0.717) is 0 Å². The van der Waals surface area contributed by atoms with Crippen LogP contribution in [0, 0.1) is 0 Å².